The third-order valence-electron chi connectivity index (χ3n) is 4.83. The fourth-order valence-electron chi connectivity index (χ4n) is 3.25. The molecule has 0 aliphatic rings. The molecule has 3 N–H and O–H groups in total. The number of hydrogen-bond acceptors (Lipinski definition) is 2. The van der Waals surface area contributed by atoms with Crippen LogP contribution in [0.15, 0.2) is 84.9 Å². The molecule has 0 saturated heterocycles. The number of benzene rings is 3. The lowest BCUT2D eigenvalue weighted by Crippen LogP contribution is -2.92. The van der Waals surface area contributed by atoms with E-state index < -0.39 is 6.61 Å². The first-order valence-corrected chi connectivity index (χ1v) is 9.79. The summed E-state index contributed by atoms with van der Waals surface area (Å²) < 4.78 is 29.3. The molecule has 1 amide bonds. The SMILES string of the molecule is C[C@H]([NH2+][C@H](c1ccccc1)c1ccc(OC(F)F)cc1)C(=O)NCc1ccccc1. The molecule has 30 heavy (non-hydrogen) atoms. The van der Waals surface area contributed by atoms with Gasteiger partial charge < -0.3 is 15.4 Å². The normalized spacial score (nSPS) is 12.9. The average Bonchev–Trinajstić information content (AvgIpc) is 2.77. The molecule has 3 aromatic carbocycles. The highest BCUT2D eigenvalue weighted by Crippen LogP contribution is 2.22. The molecule has 0 heterocycles. The predicted octanol–water partition coefficient (Wildman–Crippen LogP) is 3.65. The molecular weight excluding hydrogens is 386 g/mol. The molecule has 0 aliphatic carbocycles. The lowest BCUT2D eigenvalue weighted by molar-refractivity contribution is -0.704. The largest absolute Gasteiger partial charge is 0.435 e. The van der Waals surface area contributed by atoms with Crippen LogP contribution < -0.4 is 15.4 Å². The molecule has 6 heteroatoms. The first kappa shape index (κ1) is 21.5. The summed E-state index contributed by atoms with van der Waals surface area (Å²) in [4.78, 5) is 12.6. The van der Waals surface area contributed by atoms with Crippen LogP contribution in [-0.4, -0.2) is 18.6 Å². The van der Waals surface area contributed by atoms with Gasteiger partial charge in [-0.3, -0.25) is 4.79 Å². The van der Waals surface area contributed by atoms with Crippen LogP contribution in [0.2, 0.25) is 0 Å². The first-order chi connectivity index (χ1) is 14.5. The molecule has 0 fully saturated rings. The van der Waals surface area contributed by atoms with E-state index in [1.165, 1.54) is 12.1 Å². The highest BCUT2D eigenvalue weighted by atomic mass is 19.3. The number of carbonyl (C=O) groups excluding carboxylic acids is 1. The fraction of sp³-hybridized carbons (Fsp3) is 0.208. The Balaban J connectivity index is 1.72. The smallest absolute Gasteiger partial charge is 0.387 e. The van der Waals surface area contributed by atoms with Crippen molar-refractivity contribution >= 4 is 5.91 Å². The summed E-state index contributed by atoms with van der Waals surface area (Å²) in [5, 5.41) is 4.94. The van der Waals surface area contributed by atoms with Crippen LogP contribution in [0.3, 0.4) is 0 Å². The van der Waals surface area contributed by atoms with Crippen molar-refractivity contribution < 1.29 is 23.6 Å². The summed E-state index contributed by atoms with van der Waals surface area (Å²) in [6.45, 7) is -0.543. The van der Waals surface area contributed by atoms with Gasteiger partial charge in [0.2, 0.25) is 0 Å². The number of carbonyl (C=O) groups is 1. The van der Waals surface area contributed by atoms with E-state index in [-0.39, 0.29) is 23.7 Å². The van der Waals surface area contributed by atoms with Crippen molar-refractivity contribution in [3.05, 3.63) is 102 Å². The minimum Gasteiger partial charge on any atom is -0.435 e. The molecule has 156 valence electrons. The Morgan fingerprint density at radius 1 is 0.900 bits per heavy atom. The number of nitrogens with two attached hydrogens (primary N) is 1. The highest BCUT2D eigenvalue weighted by Gasteiger charge is 2.24. The minimum absolute atomic E-state index is 0.0718. The van der Waals surface area contributed by atoms with E-state index >= 15 is 0 Å². The topological polar surface area (TPSA) is 54.9 Å². The van der Waals surface area contributed by atoms with Gasteiger partial charge in [-0.1, -0.05) is 60.7 Å². The van der Waals surface area contributed by atoms with E-state index in [2.05, 4.69) is 10.1 Å². The van der Waals surface area contributed by atoms with Crippen LogP contribution in [0.1, 0.15) is 29.7 Å². The number of rotatable bonds is 9. The molecule has 3 rings (SSSR count). The summed E-state index contributed by atoms with van der Waals surface area (Å²) in [6, 6.07) is 25.5. The number of hydrogen-bond donors (Lipinski definition) is 2. The standard InChI is InChI=1S/C24H24F2N2O2/c1-17(23(29)27-16-18-8-4-2-5-9-18)28-22(19-10-6-3-7-11-19)20-12-14-21(15-13-20)30-24(25)26/h2-15,17,22,24,28H,16H2,1H3,(H,27,29)/p+1/t17-,22+/m0/s1. The van der Waals surface area contributed by atoms with Crippen LogP contribution in [0, 0.1) is 0 Å². The summed E-state index contributed by atoms with van der Waals surface area (Å²) in [5.74, 6) is 0.0339. The number of quaternary nitrogens is 1. The molecule has 0 aromatic heterocycles. The van der Waals surface area contributed by atoms with Crippen molar-refractivity contribution in [2.75, 3.05) is 0 Å². The fourth-order valence-corrected chi connectivity index (χ4v) is 3.25. The van der Waals surface area contributed by atoms with E-state index in [9.17, 15) is 13.6 Å². The van der Waals surface area contributed by atoms with Gasteiger partial charge in [-0.15, -0.1) is 0 Å². The van der Waals surface area contributed by atoms with Gasteiger partial charge in [0.25, 0.3) is 5.91 Å². The molecule has 0 radical (unpaired) electrons. The zero-order valence-electron chi connectivity index (χ0n) is 16.7. The second-order valence-electron chi connectivity index (χ2n) is 7.02. The van der Waals surface area contributed by atoms with Crippen molar-refractivity contribution in [2.24, 2.45) is 0 Å². The predicted molar refractivity (Wildman–Crippen MR) is 111 cm³/mol. The van der Waals surface area contributed by atoms with E-state index in [0.29, 0.717) is 6.54 Å². The highest BCUT2D eigenvalue weighted by molar-refractivity contribution is 5.79. The Labute approximate surface area is 174 Å². The Bertz CT molecular complexity index is 919. The Hall–Kier alpha value is -3.25. The molecule has 4 nitrogen and oxygen atoms in total. The van der Waals surface area contributed by atoms with Crippen LogP contribution in [0.25, 0.3) is 0 Å². The zero-order valence-corrected chi connectivity index (χ0v) is 16.7. The van der Waals surface area contributed by atoms with Gasteiger partial charge >= 0.3 is 6.61 Å². The maximum atomic E-state index is 12.6. The van der Waals surface area contributed by atoms with E-state index in [4.69, 9.17) is 0 Å². The van der Waals surface area contributed by atoms with Gasteiger partial charge in [0.05, 0.1) is 0 Å². The summed E-state index contributed by atoms with van der Waals surface area (Å²) in [5.41, 5.74) is 2.94. The second-order valence-corrected chi connectivity index (χ2v) is 7.02. The van der Waals surface area contributed by atoms with Crippen molar-refractivity contribution in [1.29, 1.82) is 0 Å². The molecule has 3 aromatic rings. The number of amides is 1. The van der Waals surface area contributed by atoms with Crippen molar-refractivity contribution in [3.8, 4) is 5.75 Å². The molecule has 2 atom stereocenters. The number of alkyl halides is 2. The monoisotopic (exact) mass is 411 g/mol. The second kappa shape index (κ2) is 10.5. The molecule has 0 saturated carbocycles. The lowest BCUT2D eigenvalue weighted by atomic mass is 9.97. The quantitative estimate of drug-likeness (QED) is 0.565. The van der Waals surface area contributed by atoms with Gasteiger partial charge in [-0.25, -0.2) is 0 Å². The van der Waals surface area contributed by atoms with E-state index in [0.717, 1.165) is 16.7 Å². The zero-order chi connectivity index (χ0) is 21.3. The first-order valence-electron chi connectivity index (χ1n) is 9.79. The third kappa shape index (κ3) is 6.12. The minimum atomic E-state index is -2.86. The molecular formula is C24H25F2N2O2+. The van der Waals surface area contributed by atoms with Gasteiger partial charge in [-0.05, 0) is 36.8 Å². The lowest BCUT2D eigenvalue weighted by Gasteiger charge is -2.21. The molecule has 0 unspecified atom stereocenters. The summed E-state index contributed by atoms with van der Waals surface area (Å²) >= 11 is 0. The van der Waals surface area contributed by atoms with Crippen molar-refractivity contribution in [3.63, 3.8) is 0 Å². The Morgan fingerprint density at radius 2 is 1.47 bits per heavy atom. The Morgan fingerprint density at radius 3 is 2.07 bits per heavy atom. The van der Waals surface area contributed by atoms with Crippen LogP contribution in [0.5, 0.6) is 5.75 Å². The van der Waals surface area contributed by atoms with E-state index in [1.807, 2.05) is 72.9 Å². The molecule has 0 bridgehead atoms. The third-order valence-corrected chi connectivity index (χ3v) is 4.83. The van der Waals surface area contributed by atoms with Crippen molar-refractivity contribution in [1.82, 2.24) is 5.32 Å². The van der Waals surface area contributed by atoms with E-state index in [1.54, 1.807) is 12.1 Å². The summed E-state index contributed by atoms with van der Waals surface area (Å²) in [6.07, 6.45) is 0. The van der Waals surface area contributed by atoms with Gasteiger partial charge in [0.1, 0.15) is 11.8 Å². The average molecular weight is 411 g/mol. The van der Waals surface area contributed by atoms with Gasteiger partial charge in [0.15, 0.2) is 6.04 Å². The Kier molecular flexibility index (Phi) is 7.51. The number of halogens is 2. The maximum Gasteiger partial charge on any atom is 0.387 e. The van der Waals surface area contributed by atoms with Crippen molar-refractivity contribution in [2.45, 2.75) is 32.2 Å². The maximum absolute atomic E-state index is 12.6. The van der Waals surface area contributed by atoms with Crippen LogP contribution in [-0.2, 0) is 11.3 Å². The molecule has 0 aliphatic heterocycles. The summed E-state index contributed by atoms with van der Waals surface area (Å²) in [7, 11) is 0. The van der Waals surface area contributed by atoms with Crippen LogP contribution >= 0.6 is 0 Å². The number of ether oxygens (including phenoxy) is 1. The molecule has 0 spiro atoms. The van der Waals surface area contributed by atoms with Gasteiger partial charge in [-0.2, -0.15) is 8.78 Å². The van der Waals surface area contributed by atoms with Crippen LogP contribution in [0.4, 0.5) is 8.78 Å². The number of nitrogens with one attached hydrogen (secondary N) is 1. The van der Waals surface area contributed by atoms with Gasteiger partial charge in [0, 0.05) is 17.7 Å².